The molecular formula is C13H16BrNO3S. The second kappa shape index (κ2) is 5.25. The summed E-state index contributed by atoms with van der Waals surface area (Å²) in [6, 6.07) is 3.86. The van der Waals surface area contributed by atoms with Crippen molar-refractivity contribution in [1.29, 1.82) is 0 Å². The van der Waals surface area contributed by atoms with Gasteiger partial charge in [-0.2, -0.15) is 0 Å². The zero-order chi connectivity index (χ0) is 14.2. The Morgan fingerprint density at radius 3 is 2.68 bits per heavy atom. The van der Waals surface area contributed by atoms with Gasteiger partial charge in [-0.25, -0.2) is 0 Å². The maximum absolute atomic E-state index is 12.4. The number of amides is 1. The molecule has 0 aliphatic carbocycles. The van der Waals surface area contributed by atoms with E-state index in [2.05, 4.69) is 15.9 Å². The van der Waals surface area contributed by atoms with Crippen LogP contribution < -0.4 is 0 Å². The fraction of sp³-hybridized carbons (Fsp3) is 0.538. The molecule has 1 aliphatic heterocycles. The van der Waals surface area contributed by atoms with Crippen molar-refractivity contribution < 1.29 is 14.7 Å². The summed E-state index contributed by atoms with van der Waals surface area (Å²) in [5.74, 6) is -1.03. The number of nitrogens with zero attached hydrogens (tertiary/aromatic N) is 1. The standard InChI is InChI=1S/C13H16BrNO3S/c1-8(9-3-4-10(14)19-9)11(16)15-6-5-13(2,7-15)12(17)18/h3-4,8H,5-7H2,1-2H3,(H,17,18)/t8-,13-/m1/s1. The van der Waals surface area contributed by atoms with Crippen LogP contribution in [0.15, 0.2) is 15.9 Å². The van der Waals surface area contributed by atoms with Gasteiger partial charge in [-0.05, 0) is 48.3 Å². The first-order chi connectivity index (χ1) is 8.83. The van der Waals surface area contributed by atoms with E-state index in [4.69, 9.17) is 0 Å². The molecule has 2 heterocycles. The Balaban J connectivity index is 2.07. The number of rotatable bonds is 3. The zero-order valence-corrected chi connectivity index (χ0v) is 13.3. The fourth-order valence-corrected chi connectivity index (χ4v) is 3.75. The lowest BCUT2D eigenvalue weighted by Crippen LogP contribution is -2.36. The van der Waals surface area contributed by atoms with Gasteiger partial charge < -0.3 is 10.0 Å². The summed E-state index contributed by atoms with van der Waals surface area (Å²) >= 11 is 4.93. The summed E-state index contributed by atoms with van der Waals surface area (Å²) in [5.41, 5.74) is -0.800. The Morgan fingerprint density at radius 2 is 2.21 bits per heavy atom. The van der Waals surface area contributed by atoms with Crippen LogP contribution in [-0.2, 0) is 9.59 Å². The second-order valence-electron chi connectivity index (χ2n) is 5.24. The Morgan fingerprint density at radius 1 is 1.53 bits per heavy atom. The third-order valence-corrected chi connectivity index (χ3v) is 5.50. The van der Waals surface area contributed by atoms with Crippen LogP contribution in [0.4, 0.5) is 0 Å². The quantitative estimate of drug-likeness (QED) is 0.916. The molecule has 0 radical (unpaired) electrons. The van der Waals surface area contributed by atoms with Crippen molar-refractivity contribution in [2.75, 3.05) is 13.1 Å². The smallest absolute Gasteiger partial charge is 0.311 e. The summed E-state index contributed by atoms with van der Waals surface area (Å²) < 4.78 is 0.999. The molecule has 4 nitrogen and oxygen atoms in total. The molecule has 0 saturated carbocycles. The minimum atomic E-state index is -0.825. The van der Waals surface area contributed by atoms with Gasteiger partial charge in [0.1, 0.15) is 0 Å². The SMILES string of the molecule is C[C@@H](C(=O)N1CC[C@@](C)(C(=O)O)C1)c1ccc(Br)s1. The molecule has 104 valence electrons. The molecule has 1 saturated heterocycles. The van der Waals surface area contributed by atoms with Gasteiger partial charge in [0.15, 0.2) is 0 Å². The van der Waals surface area contributed by atoms with Crippen LogP contribution in [0.5, 0.6) is 0 Å². The Bertz CT molecular complexity index is 516. The van der Waals surface area contributed by atoms with Crippen molar-refractivity contribution in [3.05, 3.63) is 20.8 Å². The van der Waals surface area contributed by atoms with E-state index in [1.807, 2.05) is 19.1 Å². The highest BCUT2D eigenvalue weighted by atomic mass is 79.9. The normalized spacial score (nSPS) is 24.5. The predicted molar refractivity (Wildman–Crippen MR) is 77.4 cm³/mol. The number of hydrogen-bond donors (Lipinski definition) is 1. The topological polar surface area (TPSA) is 57.6 Å². The number of likely N-dealkylation sites (tertiary alicyclic amines) is 1. The first-order valence-corrected chi connectivity index (χ1v) is 7.72. The maximum atomic E-state index is 12.4. The van der Waals surface area contributed by atoms with Crippen LogP contribution in [0.25, 0.3) is 0 Å². The summed E-state index contributed by atoms with van der Waals surface area (Å²) in [6.07, 6.45) is 0.523. The van der Waals surface area contributed by atoms with E-state index in [1.54, 1.807) is 23.2 Å². The molecule has 1 fully saturated rings. The first-order valence-electron chi connectivity index (χ1n) is 6.11. The lowest BCUT2D eigenvalue weighted by Gasteiger charge is -2.22. The Kier molecular flexibility index (Phi) is 4.01. The molecule has 0 aromatic carbocycles. The minimum absolute atomic E-state index is 0.0133. The van der Waals surface area contributed by atoms with Crippen molar-refractivity contribution in [3.63, 3.8) is 0 Å². The minimum Gasteiger partial charge on any atom is -0.481 e. The third kappa shape index (κ3) is 2.84. The molecule has 0 unspecified atom stereocenters. The number of hydrogen-bond acceptors (Lipinski definition) is 3. The van der Waals surface area contributed by atoms with Crippen molar-refractivity contribution in [3.8, 4) is 0 Å². The van der Waals surface area contributed by atoms with Gasteiger partial charge in [-0.15, -0.1) is 11.3 Å². The summed E-state index contributed by atoms with van der Waals surface area (Å²) in [7, 11) is 0. The van der Waals surface area contributed by atoms with Gasteiger partial charge >= 0.3 is 5.97 Å². The third-order valence-electron chi connectivity index (χ3n) is 3.69. The highest BCUT2D eigenvalue weighted by Gasteiger charge is 2.43. The predicted octanol–water partition coefficient (Wildman–Crippen LogP) is 2.94. The van der Waals surface area contributed by atoms with E-state index in [1.165, 1.54) is 0 Å². The summed E-state index contributed by atoms with van der Waals surface area (Å²) in [5, 5.41) is 9.19. The molecule has 1 N–H and O–H groups in total. The van der Waals surface area contributed by atoms with Crippen LogP contribution in [-0.4, -0.2) is 35.0 Å². The van der Waals surface area contributed by atoms with Gasteiger partial charge in [0.25, 0.3) is 0 Å². The highest BCUT2D eigenvalue weighted by Crippen LogP contribution is 2.34. The van der Waals surface area contributed by atoms with E-state index in [0.29, 0.717) is 19.5 Å². The molecule has 1 aliphatic rings. The van der Waals surface area contributed by atoms with Gasteiger partial charge in [0, 0.05) is 18.0 Å². The first kappa shape index (κ1) is 14.5. The number of thiophene rings is 1. The average Bonchev–Trinajstić information content (AvgIpc) is 2.95. The lowest BCUT2D eigenvalue weighted by atomic mass is 9.90. The molecule has 6 heteroatoms. The van der Waals surface area contributed by atoms with Crippen LogP contribution >= 0.6 is 27.3 Å². The largest absolute Gasteiger partial charge is 0.481 e. The van der Waals surface area contributed by atoms with E-state index in [-0.39, 0.29) is 11.8 Å². The Labute approximate surface area is 124 Å². The Hall–Kier alpha value is -0.880. The highest BCUT2D eigenvalue weighted by molar-refractivity contribution is 9.11. The summed E-state index contributed by atoms with van der Waals surface area (Å²) in [6.45, 7) is 4.41. The monoisotopic (exact) mass is 345 g/mol. The van der Waals surface area contributed by atoms with Gasteiger partial charge in [0.05, 0.1) is 15.1 Å². The molecule has 1 amide bonds. The van der Waals surface area contributed by atoms with Crippen LogP contribution in [0, 0.1) is 5.41 Å². The van der Waals surface area contributed by atoms with E-state index < -0.39 is 11.4 Å². The molecule has 2 rings (SSSR count). The van der Waals surface area contributed by atoms with Crippen molar-refractivity contribution in [1.82, 2.24) is 4.90 Å². The van der Waals surface area contributed by atoms with E-state index >= 15 is 0 Å². The molecule has 2 atom stereocenters. The molecule has 19 heavy (non-hydrogen) atoms. The van der Waals surface area contributed by atoms with Crippen molar-refractivity contribution in [2.24, 2.45) is 5.41 Å². The molecular weight excluding hydrogens is 330 g/mol. The number of aliphatic carboxylic acids is 1. The van der Waals surface area contributed by atoms with Crippen LogP contribution in [0.2, 0.25) is 0 Å². The average molecular weight is 346 g/mol. The van der Waals surface area contributed by atoms with Crippen molar-refractivity contribution in [2.45, 2.75) is 26.2 Å². The molecule has 0 spiro atoms. The number of carbonyl (C=O) groups is 2. The number of carboxylic acids is 1. The summed E-state index contributed by atoms with van der Waals surface area (Å²) in [4.78, 5) is 26.3. The molecule has 1 aromatic rings. The van der Waals surface area contributed by atoms with Crippen LogP contribution in [0.3, 0.4) is 0 Å². The second-order valence-corrected chi connectivity index (χ2v) is 7.73. The van der Waals surface area contributed by atoms with E-state index in [9.17, 15) is 14.7 Å². The molecule has 1 aromatic heterocycles. The van der Waals surface area contributed by atoms with Crippen molar-refractivity contribution >= 4 is 39.1 Å². The number of carboxylic acid groups (broad SMARTS) is 1. The van der Waals surface area contributed by atoms with Gasteiger partial charge in [-0.3, -0.25) is 9.59 Å². The van der Waals surface area contributed by atoms with E-state index in [0.717, 1.165) is 8.66 Å². The zero-order valence-electron chi connectivity index (χ0n) is 10.9. The number of carbonyl (C=O) groups excluding carboxylic acids is 1. The molecule has 0 bridgehead atoms. The van der Waals surface area contributed by atoms with Gasteiger partial charge in [-0.1, -0.05) is 0 Å². The lowest BCUT2D eigenvalue weighted by molar-refractivity contribution is -0.147. The van der Waals surface area contributed by atoms with Gasteiger partial charge in [0.2, 0.25) is 5.91 Å². The maximum Gasteiger partial charge on any atom is 0.311 e. The fourth-order valence-electron chi connectivity index (χ4n) is 2.28. The van der Waals surface area contributed by atoms with Crippen LogP contribution in [0.1, 0.15) is 31.1 Å². The number of halogens is 1.